The second-order valence-electron chi connectivity index (χ2n) is 6.42. The summed E-state index contributed by atoms with van der Waals surface area (Å²) in [5.74, 6) is 0.470. The number of rotatable bonds is 6. The maximum absolute atomic E-state index is 12.7. The Kier molecular flexibility index (Phi) is 5.77. The van der Waals surface area contributed by atoms with Crippen LogP contribution in [0.4, 0.5) is 8.78 Å². The Hall–Kier alpha value is -1.73. The van der Waals surface area contributed by atoms with Crippen LogP contribution in [0.1, 0.15) is 16.7 Å². The zero-order chi connectivity index (χ0) is 18.7. The Bertz CT molecular complexity index is 735. The van der Waals surface area contributed by atoms with Gasteiger partial charge in [0.1, 0.15) is 12.0 Å². The molecule has 1 heterocycles. The summed E-state index contributed by atoms with van der Waals surface area (Å²) in [4.78, 5) is 2.01. The first-order valence-electron chi connectivity index (χ1n) is 8.39. The summed E-state index contributed by atoms with van der Waals surface area (Å²) in [6.07, 6.45) is 0.119. The highest BCUT2D eigenvalue weighted by Crippen LogP contribution is 2.37. The van der Waals surface area contributed by atoms with Crippen molar-refractivity contribution >= 4 is 11.6 Å². The Balaban J connectivity index is 2.09. The van der Waals surface area contributed by atoms with Crippen molar-refractivity contribution in [3.05, 3.63) is 65.2 Å². The van der Waals surface area contributed by atoms with E-state index in [2.05, 4.69) is 10.1 Å². The van der Waals surface area contributed by atoms with Crippen LogP contribution in [-0.2, 0) is 12.0 Å². The number of ether oxygens (including phenoxy) is 1. The molecule has 2 atom stereocenters. The smallest absolute Gasteiger partial charge is 0.387 e. The number of nitrogens with two attached hydrogens (primary N) is 1. The van der Waals surface area contributed by atoms with Gasteiger partial charge >= 0.3 is 6.61 Å². The van der Waals surface area contributed by atoms with Gasteiger partial charge < -0.3 is 10.5 Å². The molecule has 0 radical (unpaired) electrons. The van der Waals surface area contributed by atoms with Crippen molar-refractivity contribution in [3.63, 3.8) is 0 Å². The molecule has 0 aromatic heterocycles. The first-order chi connectivity index (χ1) is 12.5. The summed E-state index contributed by atoms with van der Waals surface area (Å²) in [7, 11) is 1.94. The Morgan fingerprint density at radius 1 is 1.27 bits per heavy atom. The first kappa shape index (κ1) is 19.0. The average molecular weight is 382 g/mol. The van der Waals surface area contributed by atoms with Crippen molar-refractivity contribution in [2.45, 2.75) is 24.9 Å². The lowest BCUT2D eigenvalue weighted by molar-refractivity contribution is -0.0504. The van der Waals surface area contributed by atoms with Crippen molar-refractivity contribution in [2.75, 3.05) is 19.5 Å². The molecule has 7 heteroatoms. The fourth-order valence-electron chi connectivity index (χ4n) is 3.47. The summed E-state index contributed by atoms with van der Waals surface area (Å²) >= 11 is 5.87. The number of nitrogens with zero attached hydrogens (tertiary/aromatic N) is 1. The van der Waals surface area contributed by atoms with E-state index in [-0.39, 0.29) is 12.0 Å². The summed E-state index contributed by atoms with van der Waals surface area (Å²) < 4.78 is 30.0. The predicted octanol–water partition coefficient (Wildman–Crippen LogP) is 3.09. The van der Waals surface area contributed by atoms with Gasteiger partial charge in [0.15, 0.2) is 0 Å². The summed E-state index contributed by atoms with van der Waals surface area (Å²) in [6.45, 7) is -2.23. The zero-order valence-electron chi connectivity index (χ0n) is 14.5. The van der Waals surface area contributed by atoms with Gasteiger partial charge in [0, 0.05) is 12.4 Å². The third-order valence-corrected chi connectivity index (χ3v) is 4.94. The number of benzene rings is 2. The van der Waals surface area contributed by atoms with Gasteiger partial charge in [-0.2, -0.15) is 8.78 Å². The van der Waals surface area contributed by atoms with Gasteiger partial charge in [-0.1, -0.05) is 36.4 Å². The van der Waals surface area contributed by atoms with E-state index < -0.39 is 12.2 Å². The molecule has 0 spiro atoms. The van der Waals surface area contributed by atoms with Crippen molar-refractivity contribution in [1.29, 1.82) is 0 Å². The van der Waals surface area contributed by atoms with Crippen LogP contribution in [0.15, 0.2) is 48.5 Å². The van der Waals surface area contributed by atoms with Gasteiger partial charge in [-0.25, -0.2) is 0 Å². The van der Waals surface area contributed by atoms with Crippen LogP contribution < -0.4 is 15.8 Å². The number of halogens is 3. The summed E-state index contributed by atoms with van der Waals surface area (Å²) in [6, 6.07) is 15.2. The van der Waals surface area contributed by atoms with Gasteiger partial charge in [0.2, 0.25) is 0 Å². The molecule has 3 N–H and O–H groups in total. The minimum atomic E-state index is -2.87. The first-order valence-corrected chi connectivity index (χ1v) is 8.93. The number of hydrogen-bond acceptors (Lipinski definition) is 4. The molecule has 2 aromatic rings. The highest BCUT2D eigenvalue weighted by molar-refractivity contribution is 6.18. The van der Waals surface area contributed by atoms with E-state index in [4.69, 9.17) is 17.3 Å². The van der Waals surface area contributed by atoms with Crippen LogP contribution in [0.2, 0.25) is 0 Å². The molecule has 1 saturated heterocycles. The molecule has 3 rings (SSSR count). The Labute approximate surface area is 156 Å². The van der Waals surface area contributed by atoms with Crippen LogP contribution in [-0.4, -0.2) is 37.3 Å². The zero-order valence-corrected chi connectivity index (χ0v) is 15.2. The van der Waals surface area contributed by atoms with Gasteiger partial charge in [-0.05, 0) is 42.3 Å². The van der Waals surface area contributed by atoms with E-state index in [0.717, 1.165) is 11.1 Å². The van der Waals surface area contributed by atoms with Crippen molar-refractivity contribution in [3.8, 4) is 5.75 Å². The average Bonchev–Trinajstić information content (AvgIpc) is 2.93. The second kappa shape index (κ2) is 7.88. The van der Waals surface area contributed by atoms with E-state index in [1.54, 1.807) is 12.1 Å². The number of hydrogen-bond donors (Lipinski definition) is 2. The van der Waals surface area contributed by atoms with Gasteiger partial charge in [0.25, 0.3) is 0 Å². The molecule has 1 unspecified atom stereocenters. The van der Waals surface area contributed by atoms with Crippen LogP contribution >= 0.6 is 11.6 Å². The summed E-state index contributed by atoms with van der Waals surface area (Å²) in [5.41, 5.74) is 8.29. The van der Waals surface area contributed by atoms with E-state index in [0.29, 0.717) is 24.4 Å². The molecule has 0 aliphatic carbocycles. The molecule has 1 aliphatic heterocycles. The van der Waals surface area contributed by atoms with Gasteiger partial charge in [-0.15, -0.1) is 11.6 Å². The lowest BCUT2D eigenvalue weighted by Gasteiger charge is -2.31. The Morgan fingerprint density at radius 2 is 2.00 bits per heavy atom. The van der Waals surface area contributed by atoms with Crippen LogP contribution in [0, 0.1) is 0 Å². The van der Waals surface area contributed by atoms with Crippen molar-refractivity contribution in [1.82, 2.24) is 10.2 Å². The molecular formula is C19H22ClF2N3O. The normalized spacial score (nSPS) is 23.5. The number of nitrogens with one attached hydrogen (secondary N) is 1. The maximum Gasteiger partial charge on any atom is 0.387 e. The topological polar surface area (TPSA) is 50.5 Å². The third kappa shape index (κ3) is 3.69. The largest absolute Gasteiger partial charge is 0.435 e. The minimum Gasteiger partial charge on any atom is -0.435 e. The highest BCUT2D eigenvalue weighted by Gasteiger charge is 2.43. The van der Waals surface area contributed by atoms with E-state index in [1.807, 2.05) is 48.3 Å². The molecule has 4 nitrogen and oxygen atoms in total. The monoisotopic (exact) mass is 381 g/mol. The number of likely N-dealkylation sites (N-methyl/N-ethyl adjacent to an activating group) is 1. The highest BCUT2D eigenvalue weighted by atomic mass is 35.5. The predicted molar refractivity (Wildman–Crippen MR) is 98.5 cm³/mol. The quantitative estimate of drug-likeness (QED) is 0.755. The number of alkyl halides is 3. The molecular weight excluding hydrogens is 360 g/mol. The maximum atomic E-state index is 12.7. The van der Waals surface area contributed by atoms with E-state index in [1.165, 1.54) is 0 Å². The van der Waals surface area contributed by atoms with Gasteiger partial charge in [-0.3, -0.25) is 10.2 Å². The van der Waals surface area contributed by atoms with Crippen LogP contribution in [0.25, 0.3) is 0 Å². The Morgan fingerprint density at radius 3 is 2.58 bits per heavy atom. The van der Waals surface area contributed by atoms with Gasteiger partial charge in [0.05, 0.1) is 5.54 Å². The lowest BCUT2D eigenvalue weighted by Crippen LogP contribution is -2.47. The molecule has 26 heavy (non-hydrogen) atoms. The fraction of sp³-hybridized carbons (Fsp3) is 0.368. The lowest BCUT2D eigenvalue weighted by atomic mass is 9.82. The minimum absolute atomic E-state index is 0.156. The molecule has 1 aliphatic rings. The standard InChI is InChI=1S/C19H22ClF2N3O/c1-25-12-19(24-18(25)23,14-5-3-2-4-6-14)15-7-8-16(26-17(21)22)13(11-15)9-10-20/h2-8,11,17-18,24H,9-10,12,23H2,1H3/t18?,19-/m0/s1. The molecule has 0 saturated carbocycles. The van der Waals surface area contributed by atoms with Crippen molar-refractivity contribution in [2.24, 2.45) is 5.73 Å². The molecule has 140 valence electrons. The van der Waals surface area contributed by atoms with E-state index >= 15 is 0 Å². The fourth-order valence-corrected chi connectivity index (χ4v) is 3.68. The second-order valence-corrected chi connectivity index (χ2v) is 6.79. The molecule has 1 fully saturated rings. The molecule has 0 amide bonds. The number of aryl methyl sites for hydroxylation is 1. The van der Waals surface area contributed by atoms with Crippen molar-refractivity contribution < 1.29 is 13.5 Å². The SMILES string of the molecule is CN1C[C@](c2ccccc2)(c2ccc(OC(F)F)c(CCCl)c2)NC1N. The summed E-state index contributed by atoms with van der Waals surface area (Å²) in [5, 5.41) is 3.46. The molecule has 0 bridgehead atoms. The third-order valence-electron chi connectivity index (χ3n) is 4.76. The van der Waals surface area contributed by atoms with E-state index in [9.17, 15) is 8.78 Å². The van der Waals surface area contributed by atoms with Crippen LogP contribution in [0.3, 0.4) is 0 Å². The molecule has 2 aromatic carbocycles. The van der Waals surface area contributed by atoms with Crippen LogP contribution in [0.5, 0.6) is 5.75 Å².